The molecule has 116 valence electrons. The SMILES string of the molecule is CC(C)c1cc(C(=O)N(C)CCOCC2CC2)cc(Cl)n1. The van der Waals surface area contributed by atoms with E-state index in [0.717, 1.165) is 18.2 Å². The standard InChI is InChI=1S/C16H23ClN2O2/c1-11(2)14-8-13(9-15(17)18-14)16(20)19(3)6-7-21-10-12-4-5-12/h8-9,11-12H,4-7,10H2,1-3H3. The maximum absolute atomic E-state index is 12.4. The van der Waals surface area contributed by atoms with Crippen molar-refractivity contribution in [3.63, 3.8) is 0 Å². The van der Waals surface area contributed by atoms with Crippen LogP contribution in [0.4, 0.5) is 0 Å². The van der Waals surface area contributed by atoms with Gasteiger partial charge in [0.15, 0.2) is 0 Å². The minimum atomic E-state index is -0.0452. The number of hydrogen-bond donors (Lipinski definition) is 0. The van der Waals surface area contributed by atoms with Crippen molar-refractivity contribution in [2.75, 3.05) is 26.8 Å². The molecule has 0 unspecified atom stereocenters. The molecule has 1 aromatic heterocycles. The fourth-order valence-electron chi connectivity index (χ4n) is 1.99. The molecule has 1 heterocycles. The molecular formula is C16H23ClN2O2. The van der Waals surface area contributed by atoms with Gasteiger partial charge in [0.25, 0.3) is 5.91 Å². The zero-order valence-corrected chi connectivity index (χ0v) is 13.7. The van der Waals surface area contributed by atoms with Crippen LogP contribution in [-0.4, -0.2) is 42.6 Å². The molecule has 1 aliphatic rings. The Bertz CT molecular complexity index is 501. The molecule has 0 aromatic carbocycles. The second-order valence-corrected chi connectivity index (χ2v) is 6.39. The van der Waals surface area contributed by atoms with Gasteiger partial charge in [0.05, 0.1) is 6.61 Å². The van der Waals surface area contributed by atoms with Crippen LogP contribution in [-0.2, 0) is 4.74 Å². The topological polar surface area (TPSA) is 42.4 Å². The number of rotatable bonds is 7. The minimum absolute atomic E-state index is 0.0452. The van der Waals surface area contributed by atoms with Crippen LogP contribution < -0.4 is 0 Å². The highest BCUT2D eigenvalue weighted by atomic mass is 35.5. The fourth-order valence-corrected chi connectivity index (χ4v) is 2.21. The van der Waals surface area contributed by atoms with E-state index in [9.17, 15) is 4.79 Å². The van der Waals surface area contributed by atoms with Crippen LogP contribution in [0.1, 0.15) is 48.7 Å². The van der Waals surface area contributed by atoms with E-state index in [2.05, 4.69) is 4.98 Å². The molecule has 4 nitrogen and oxygen atoms in total. The van der Waals surface area contributed by atoms with Crippen molar-refractivity contribution in [2.45, 2.75) is 32.6 Å². The average molecular weight is 311 g/mol. The summed E-state index contributed by atoms with van der Waals surface area (Å²) >= 11 is 6.00. The zero-order valence-electron chi connectivity index (χ0n) is 12.9. The number of likely N-dealkylation sites (N-methyl/N-ethyl adjacent to an activating group) is 1. The number of aromatic nitrogens is 1. The highest BCUT2D eigenvalue weighted by Gasteiger charge is 2.21. The summed E-state index contributed by atoms with van der Waals surface area (Å²) in [7, 11) is 1.78. The maximum atomic E-state index is 12.4. The number of amides is 1. The molecule has 0 atom stereocenters. The Morgan fingerprint density at radius 3 is 2.81 bits per heavy atom. The van der Waals surface area contributed by atoms with Gasteiger partial charge in [0.1, 0.15) is 5.15 Å². The summed E-state index contributed by atoms with van der Waals surface area (Å²) in [5, 5.41) is 0.364. The normalized spacial score (nSPS) is 14.5. The lowest BCUT2D eigenvalue weighted by Gasteiger charge is -2.18. The predicted molar refractivity (Wildman–Crippen MR) is 83.8 cm³/mol. The van der Waals surface area contributed by atoms with E-state index in [1.807, 2.05) is 19.9 Å². The van der Waals surface area contributed by atoms with Crippen molar-refractivity contribution in [3.05, 3.63) is 28.5 Å². The van der Waals surface area contributed by atoms with Gasteiger partial charge in [-0.25, -0.2) is 4.98 Å². The van der Waals surface area contributed by atoms with Crippen LogP contribution >= 0.6 is 11.6 Å². The Balaban J connectivity index is 1.90. The van der Waals surface area contributed by atoms with Crippen LogP contribution in [0.3, 0.4) is 0 Å². The average Bonchev–Trinajstić information content (AvgIpc) is 3.26. The monoisotopic (exact) mass is 310 g/mol. The van der Waals surface area contributed by atoms with E-state index in [1.54, 1.807) is 18.0 Å². The van der Waals surface area contributed by atoms with Crippen LogP contribution in [0, 0.1) is 5.92 Å². The molecule has 0 saturated heterocycles. The summed E-state index contributed by atoms with van der Waals surface area (Å²) in [6.07, 6.45) is 2.56. The molecule has 0 spiro atoms. The van der Waals surface area contributed by atoms with Gasteiger partial charge in [0.2, 0.25) is 0 Å². The molecular weight excluding hydrogens is 288 g/mol. The van der Waals surface area contributed by atoms with Gasteiger partial charge < -0.3 is 9.64 Å². The van der Waals surface area contributed by atoms with Crippen molar-refractivity contribution in [3.8, 4) is 0 Å². The highest BCUT2D eigenvalue weighted by Crippen LogP contribution is 2.28. The Hall–Kier alpha value is -1.13. The van der Waals surface area contributed by atoms with Crippen molar-refractivity contribution < 1.29 is 9.53 Å². The zero-order chi connectivity index (χ0) is 15.4. The predicted octanol–water partition coefficient (Wildman–Crippen LogP) is 3.36. The molecule has 0 radical (unpaired) electrons. The number of carbonyl (C=O) groups is 1. The Morgan fingerprint density at radius 2 is 2.19 bits per heavy atom. The number of pyridine rings is 1. The summed E-state index contributed by atoms with van der Waals surface area (Å²) < 4.78 is 5.57. The first-order valence-corrected chi connectivity index (χ1v) is 7.86. The van der Waals surface area contributed by atoms with Gasteiger partial charge in [-0.2, -0.15) is 0 Å². The van der Waals surface area contributed by atoms with Crippen LogP contribution in [0.5, 0.6) is 0 Å². The lowest BCUT2D eigenvalue weighted by molar-refractivity contribution is 0.0681. The largest absolute Gasteiger partial charge is 0.379 e. The molecule has 1 fully saturated rings. The van der Waals surface area contributed by atoms with Gasteiger partial charge in [-0.1, -0.05) is 25.4 Å². The molecule has 1 aromatic rings. The molecule has 0 N–H and O–H groups in total. The van der Waals surface area contributed by atoms with E-state index in [4.69, 9.17) is 16.3 Å². The Labute approximate surface area is 131 Å². The quantitative estimate of drug-likeness (QED) is 0.573. The van der Waals surface area contributed by atoms with E-state index < -0.39 is 0 Å². The van der Waals surface area contributed by atoms with Crippen molar-refractivity contribution >= 4 is 17.5 Å². The summed E-state index contributed by atoms with van der Waals surface area (Å²) in [6.45, 7) is 6.04. The van der Waals surface area contributed by atoms with Gasteiger partial charge >= 0.3 is 0 Å². The summed E-state index contributed by atoms with van der Waals surface area (Å²) in [5.41, 5.74) is 1.42. The third kappa shape index (κ3) is 4.97. The van der Waals surface area contributed by atoms with Crippen molar-refractivity contribution in [1.29, 1.82) is 0 Å². The number of nitrogens with zero attached hydrogens (tertiary/aromatic N) is 2. The Morgan fingerprint density at radius 1 is 1.48 bits per heavy atom. The number of ether oxygens (including phenoxy) is 1. The number of halogens is 1. The van der Waals surface area contributed by atoms with Gasteiger partial charge in [0, 0.05) is 31.5 Å². The van der Waals surface area contributed by atoms with Gasteiger partial charge in [-0.3, -0.25) is 4.79 Å². The summed E-state index contributed by atoms with van der Waals surface area (Å²) in [6, 6.07) is 3.44. The number of carbonyl (C=O) groups excluding carboxylic acids is 1. The third-order valence-electron chi connectivity index (χ3n) is 3.62. The first-order chi connectivity index (χ1) is 9.97. The molecule has 2 rings (SSSR count). The third-order valence-corrected chi connectivity index (χ3v) is 3.81. The molecule has 0 aliphatic heterocycles. The number of hydrogen-bond acceptors (Lipinski definition) is 3. The fraction of sp³-hybridized carbons (Fsp3) is 0.625. The van der Waals surface area contributed by atoms with Crippen molar-refractivity contribution in [2.24, 2.45) is 5.92 Å². The van der Waals surface area contributed by atoms with Crippen LogP contribution in [0.15, 0.2) is 12.1 Å². The molecule has 1 aliphatic carbocycles. The van der Waals surface area contributed by atoms with E-state index in [0.29, 0.717) is 23.9 Å². The van der Waals surface area contributed by atoms with E-state index >= 15 is 0 Å². The first-order valence-electron chi connectivity index (χ1n) is 7.48. The summed E-state index contributed by atoms with van der Waals surface area (Å²) in [5.74, 6) is 0.942. The van der Waals surface area contributed by atoms with Crippen LogP contribution in [0.2, 0.25) is 5.15 Å². The van der Waals surface area contributed by atoms with E-state index in [-0.39, 0.29) is 11.8 Å². The lowest BCUT2D eigenvalue weighted by Crippen LogP contribution is -2.30. The molecule has 0 bridgehead atoms. The van der Waals surface area contributed by atoms with Crippen molar-refractivity contribution in [1.82, 2.24) is 9.88 Å². The molecule has 1 amide bonds. The summed E-state index contributed by atoms with van der Waals surface area (Å²) in [4.78, 5) is 18.3. The minimum Gasteiger partial charge on any atom is -0.379 e. The molecule has 21 heavy (non-hydrogen) atoms. The second kappa shape index (κ2) is 7.23. The van der Waals surface area contributed by atoms with Gasteiger partial charge in [-0.05, 0) is 36.8 Å². The van der Waals surface area contributed by atoms with Gasteiger partial charge in [-0.15, -0.1) is 0 Å². The molecule has 1 saturated carbocycles. The second-order valence-electron chi connectivity index (χ2n) is 6.00. The Kier molecular flexibility index (Phi) is 5.59. The molecule has 5 heteroatoms. The smallest absolute Gasteiger partial charge is 0.253 e. The highest BCUT2D eigenvalue weighted by molar-refractivity contribution is 6.29. The first kappa shape index (κ1) is 16.2. The maximum Gasteiger partial charge on any atom is 0.253 e. The lowest BCUT2D eigenvalue weighted by atomic mass is 10.1. The van der Waals surface area contributed by atoms with E-state index in [1.165, 1.54) is 12.8 Å². The van der Waals surface area contributed by atoms with Crippen LogP contribution in [0.25, 0.3) is 0 Å².